The number of dihydropyridines is 1. The van der Waals surface area contributed by atoms with Gasteiger partial charge in [0.1, 0.15) is 11.9 Å². The van der Waals surface area contributed by atoms with E-state index in [2.05, 4.69) is 14.7 Å². The first kappa shape index (κ1) is 25.2. The van der Waals surface area contributed by atoms with Crippen molar-refractivity contribution in [1.82, 2.24) is 9.80 Å². The van der Waals surface area contributed by atoms with Crippen LogP contribution in [0.4, 0.5) is 13.2 Å². The van der Waals surface area contributed by atoms with Gasteiger partial charge in [0.25, 0.3) is 5.91 Å². The van der Waals surface area contributed by atoms with Crippen molar-refractivity contribution in [3.8, 4) is 0 Å². The van der Waals surface area contributed by atoms with Crippen LogP contribution in [0.3, 0.4) is 0 Å². The fourth-order valence-electron chi connectivity index (χ4n) is 3.83. The molecule has 0 aromatic rings. The second-order valence-corrected chi connectivity index (χ2v) is 10.8. The maximum Gasteiger partial charge on any atom is 0.422 e. The Labute approximate surface area is 200 Å². The van der Waals surface area contributed by atoms with Gasteiger partial charge in [-0.3, -0.25) is 4.79 Å². The van der Waals surface area contributed by atoms with Crippen molar-refractivity contribution in [3.63, 3.8) is 0 Å². The summed E-state index contributed by atoms with van der Waals surface area (Å²) >= 11 is 0. The molecule has 4 aliphatic rings. The molecular formula is C22H25F3N4O5S. The topological polar surface area (TPSA) is 101 Å². The summed E-state index contributed by atoms with van der Waals surface area (Å²) in [6.07, 6.45) is 7.43. The SMILES string of the molecule is CS(=O)(=O)C1CN(C2=N/C=C(N3CC[C@@H](OC4C=CC(OCC(F)(F)F)=NC4)C3=O)\C=C\C=C\2)C1. The second kappa shape index (κ2) is 9.97. The van der Waals surface area contributed by atoms with E-state index in [0.29, 0.717) is 37.6 Å². The average Bonchev–Trinajstić information content (AvgIpc) is 3.07. The molecule has 4 aliphatic heterocycles. The first-order valence-electron chi connectivity index (χ1n) is 11.0. The van der Waals surface area contributed by atoms with Gasteiger partial charge >= 0.3 is 6.18 Å². The van der Waals surface area contributed by atoms with Gasteiger partial charge in [0.2, 0.25) is 5.90 Å². The summed E-state index contributed by atoms with van der Waals surface area (Å²) in [6.45, 7) is -0.218. The van der Waals surface area contributed by atoms with Gasteiger partial charge in [-0.05, 0) is 24.3 Å². The van der Waals surface area contributed by atoms with E-state index in [9.17, 15) is 26.4 Å². The highest BCUT2D eigenvalue weighted by Gasteiger charge is 2.37. The number of hydrogen-bond acceptors (Lipinski definition) is 8. The molecule has 0 aromatic heterocycles. The molecule has 0 spiro atoms. The number of amidine groups is 1. The first-order chi connectivity index (χ1) is 16.5. The summed E-state index contributed by atoms with van der Waals surface area (Å²) in [5, 5.41) is -0.411. The van der Waals surface area contributed by atoms with E-state index >= 15 is 0 Å². The molecule has 9 nitrogen and oxygen atoms in total. The van der Waals surface area contributed by atoms with Gasteiger partial charge in [0.15, 0.2) is 16.4 Å². The van der Waals surface area contributed by atoms with Gasteiger partial charge in [-0.15, -0.1) is 0 Å². The number of halogens is 3. The zero-order valence-corrected chi connectivity index (χ0v) is 19.7. The van der Waals surface area contributed by atoms with Gasteiger partial charge in [-0.2, -0.15) is 13.2 Å². The maximum atomic E-state index is 13.0. The minimum Gasteiger partial charge on any atom is -0.468 e. The normalized spacial score (nSPS) is 30.4. The lowest BCUT2D eigenvalue weighted by molar-refractivity contribution is -0.156. The van der Waals surface area contributed by atoms with Crippen LogP contribution in [0.25, 0.3) is 0 Å². The predicted octanol–water partition coefficient (Wildman–Crippen LogP) is 1.61. The molecule has 190 valence electrons. The minimum atomic E-state index is -4.45. The van der Waals surface area contributed by atoms with Crippen molar-refractivity contribution in [2.24, 2.45) is 9.98 Å². The van der Waals surface area contributed by atoms with E-state index < -0.39 is 40.1 Å². The van der Waals surface area contributed by atoms with Crippen molar-refractivity contribution in [2.75, 3.05) is 39.0 Å². The number of allylic oxidation sites excluding steroid dienone is 3. The monoisotopic (exact) mass is 514 g/mol. The van der Waals surface area contributed by atoms with E-state index in [-0.39, 0.29) is 18.3 Å². The van der Waals surface area contributed by atoms with Crippen LogP contribution in [-0.4, -0.2) is 98.5 Å². The molecule has 13 heteroatoms. The fourth-order valence-corrected chi connectivity index (χ4v) is 4.73. The van der Waals surface area contributed by atoms with Gasteiger partial charge in [-0.25, -0.2) is 18.4 Å². The van der Waals surface area contributed by atoms with Crippen LogP contribution in [0.5, 0.6) is 0 Å². The van der Waals surface area contributed by atoms with Crippen LogP contribution >= 0.6 is 0 Å². The van der Waals surface area contributed by atoms with Crippen LogP contribution in [0, 0.1) is 0 Å². The maximum absolute atomic E-state index is 13.0. The van der Waals surface area contributed by atoms with Crippen molar-refractivity contribution in [3.05, 3.63) is 48.4 Å². The van der Waals surface area contributed by atoms with Crippen molar-refractivity contribution in [2.45, 2.75) is 30.1 Å². The largest absolute Gasteiger partial charge is 0.468 e. The Kier molecular flexibility index (Phi) is 7.17. The standard InChI is InChI=1S/C22H25F3N4O5S/c1-35(31,32)17-12-28(13-17)19-5-3-2-4-15(10-26-19)29-9-8-18(21(29)30)34-16-6-7-20(27-11-16)33-14-22(23,24)25/h2-7,10,16-18H,8-9,11-14H2,1H3/b3-2?,4-2+,5-3+,15-4?,15-10+,19-5?,26-10?,26-19+/t16?,18-/m1/s1. The molecule has 0 saturated carbocycles. The molecule has 2 fully saturated rings. The zero-order chi connectivity index (χ0) is 25.2. The van der Waals surface area contributed by atoms with Crippen LogP contribution in [0.1, 0.15) is 6.42 Å². The number of ether oxygens (including phenoxy) is 2. The number of hydrogen-bond donors (Lipinski definition) is 0. The lowest BCUT2D eigenvalue weighted by Gasteiger charge is -2.39. The molecular weight excluding hydrogens is 489 g/mol. The van der Waals surface area contributed by atoms with Crippen LogP contribution in [0.2, 0.25) is 0 Å². The molecule has 0 bridgehead atoms. The summed E-state index contributed by atoms with van der Waals surface area (Å²) in [4.78, 5) is 24.8. The molecule has 2 saturated heterocycles. The summed E-state index contributed by atoms with van der Waals surface area (Å²) < 4.78 is 70.6. The number of amides is 1. The lowest BCUT2D eigenvalue weighted by atomic mass is 10.2. The van der Waals surface area contributed by atoms with Crippen molar-refractivity contribution in [1.29, 1.82) is 0 Å². The first-order valence-corrected chi connectivity index (χ1v) is 12.9. The van der Waals surface area contributed by atoms with Gasteiger partial charge in [0, 0.05) is 32.3 Å². The molecule has 0 aliphatic carbocycles. The minimum absolute atomic E-state index is 0.0544. The Morgan fingerprint density at radius 2 is 1.91 bits per heavy atom. The summed E-state index contributed by atoms with van der Waals surface area (Å²) in [6, 6.07) is 0. The quantitative estimate of drug-likeness (QED) is 0.553. The Morgan fingerprint density at radius 3 is 2.57 bits per heavy atom. The molecule has 1 amide bonds. The Hall–Kier alpha value is -2.93. The third-order valence-electron chi connectivity index (χ3n) is 5.80. The van der Waals surface area contributed by atoms with E-state index in [1.165, 1.54) is 18.4 Å². The van der Waals surface area contributed by atoms with E-state index in [4.69, 9.17) is 4.74 Å². The number of alkyl halides is 3. The lowest BCUT2D eigenvalue weighted by Crippen LogP contribution is -2.56. The smallest absolute Gasteiger partial charge is 0.422 e. The third-order valence-corrected chi connectivity index (χ3v) is 7.31. The van der Waals surface area contributed by atoms with E-state index in [0.717, 1.165) is 0 Å². The van der Waals surface area contributed by atoms with Crippen LogP contribution in [-0.2, 0) is 24.1 Å². The van der Waals surface area contributed by atoms with Gasteiger partial charge in [0.05, 0.1) is 29.8 Å². The summed E-state index contributed by atoms with van der Waals surface area (Å²) in [7, 11) is -3.10. The van der Waals surface area contributed by atoms with Crippen LogP contribution in [0.15, 0.2) is 58.3 Å². The van der Waals surface area contributed by atoms with E-state index in [1.54, 1.807) is 35.4 Å². The van der Waals surface area contributed by atoms with E-state index in [1.807, 2.05) is 4.90 Å². The van der Waals surface area contributed by atoms with Crippen molar-refractivity contribution >= 4 is 27.5 Å². The molecule has 1 unspecified atom stereocenters. The zero-order valence-electron chi connectivity index (χ0n) is 18.9. The van der Waals surface area contributed by atoms with Crippen LogP contribution < -0.4 is 0 Å². The number of carbonyl (C=O) groups is 1. The number of nitrogens with zero attached hydrogens (tertiary/aromatic N) is 4. The number of aliphatic imine (C=N–C) groups is 2. The second-order valence-electron chi connectivity index (χ2n) is 8.50. The molecule has 35 heavy (non-hydrogen) atoms. The molecule has 0 N–H and O–H groups in total. The molecule has 0 aromatic carbocycles. The highest BCUT2D eigenvalue weighted by molar-refractivity contribution is 7.91. The molecule has 4 heterocycles. The van der Waals surface area contributed by atoms with Crippen molar-refractivity contribution < 1.29 is 35.9 Å². The molecule has 0 radical (unpaired) electrons. The highest BCUT2D eigenvalue weighted by atomic mass is 32.2. The Balaban J connectivity index is 1.33. The molecule has 2 atom stereocenters. The summed E-state index contributed by atoms with van der Waals surface area (Å²) in [5.74, 6) is 0.234. The third kappa shape index (κ3) is 6.40. The highest BCUT2D eigenvalue weighted by Crippen LogP contribution is 2.24. The predicted molar refractivity (Wildman–Crippen MR) is 122 cm³/mol. The van der Waals surface area contributed by atoms with Gasteiger partial charge < -0.3 is 19.3 Å². The summed E-state index contributed by atoms with van der Waals surface area (Å²) in [5.41, 5.74) is 0.572. The Morgan fingerprint density at radius 1 is 1.17 bits per heavy atom. The van der Waals surface area contributed by atoms with Gasteiger partial charge in [-0.1, -0.05) is 12.2 Å². The fraction of sp³-hybridized carbons (Fsp3) is 0.500. The number of likely N-dealkylation sites (tertiary alicyclic amines) is 2. The average molecular weight is 515 g/mol. The Bertz CT molecular complexity index is 1130. The number of carbonyl (C=O) groups excluding carboxylic acids is 1. The number of sulfone groups is 1. The number of rotatable bonds is 5. The molecule has 4 rings (SSSR count).